The molecular weight excluding hydrogens is 248 g/mol. The molecule has 3 rings (SSSR count). The fourth-order valence-electron chi connectivity index (χ4n) is 2.59. The molecule has 4 heteroatoms. The van der Waals surface area contributed by atoms with Crippen molar-refractivity contribution in [1.82, 2.24) is 14.3 Å². The quantitative estimate of drug-likeness (QED) is 0.791. The molecule has 0 aliphatic carbocycles. The highest BCUT2D eigenvalue weighted by Gasteiger charge is 2.10. The second-order valence-electron chi connectivity index (χ2n) is 5.22. The third kappa shape index (κ3) is 2.23. The summed E-state index contributed by atoms with van der Waals surface area (Å²) in [5, 5.41) is 5.84. The molecule has 3 aromatic rings. The molecule has 2 N–H and O–H groups in total. The molecule has 0 aliphatic rings. The topological polar surface area (TPSA) is 48.8 Å². The first kappa shape index (κ1) is 12.9. The number of aromatic nitrogens is 3. The first-order valence-corrected chi connectivity index (χ1v) is 7.01. The maximum atomic E-state index is 6.06. The first-order valence-electron chi connectivity index (χ1n) is 7.01. The van der Waals surface area contributed by atoms with Gasteiger partial charge < -0.3 is 10.3 Å². The van der Waals surface area contributed by atoms with Crippen LogP contribution in [0, 0.1) is 0 Å². The van der Waals surface area contributed by atoms with Crippen molar-refractivity contribution in [1.29, 1.82) is 0 Å². The van der Waals surface area contributed by atoms with Crippen LogP contribution in [0.3, 0.4) is 0 Å². The minimum Gasteiger partial charge on any atom is -0.348 e. The molecule has 0 aliphatic heterocycles. The molecule has 0 saturated heterocycles. The monoisotopic (exact) mass is 268 g/mol. The van der Waals surface area contributed by atoms with Gasteiger partial charge in [-0.15, -0.1) is 0 Å². The van der Waals surface area contributed by atoms with E-state index in [0.717, 1.165) is 18.7 Å². The first-order chi connectivity index (χ1) is 9.69. The van der Waals surface area contributed by atoms with E-state index >= 15 is 0 Å². The Balaban J connectivity index is 1.91. The number of fused-ring (bicyclic) bond motifs is 1. The van der Waals surface area contributed by atoms with Crippen molar-refractivity contribution in [3.8, 4) is 0 Å². The summed E-state index contributed by atoms with van der Waals surface area (Å²) in [6, 6.07) is 10.5. The van der Waals surface area contributed by atoms with Crippen LogP contribution in [0.2, 0.25) is 0 Å². The molecule has 4 nitrogen and oxygen atoms in total. The fourth-order valence-corrected chi connectivity index (χ4v) is 2.59. The van der Waals surface area contributed by atoms with E-state index in [1.807, 2.05) is 17.8 Å². The fraction of sp³-hybridized carbons (Fsp3) is 0.312. The zero-order valence-corrected chi connectivity index (χ0v) is 12.0. The van der Waals surface area contributed by atoms with Gasteiger partial charge in [0.05, 0.1) is 17.8 Å². The molecule has 2 aromatic heterocycles. The Morgan fingerprint density at radius 3 is 2.85 bits per heavy atom. The number of nitrogens with two attached hydrogens (primary N) is 1. The van der Waals surface area contributed by atoms with Gasteiger partial charge in [0, 0.05) is 30.9 Å². The van der Waals surface area contributed by atoms with Gasteiger partial charge in [-0.25, -0.2) is 0 Å². The molecule has 1 unspecified atom stereocenters. The SMILES string of the molecule is CCC(N)c1ccn(Cc2nn(C)c3ccccc23)c1. The van der Waals surface area contributed by atoms with Crippen LogP contribution in [0.15, 0.2) is 42.7 Å². The Bertz CT molecular complexity index is 723. The summed E-state index contributed by atoms with van der Waals surface area (Å²) < 4.78 is 4.09. The summed E-state index contributed by atoms with van der Waals surface area (Å²) in [6.45, 7) is 2.88. The van der Waals surface area contributed by atoms with Gasteiger partial charge in [0.1, 0.15) is 0 Å². The third-order valence-electron chi connectivity index (χ3n) is 3.81. The van der Waals surface area contributed by atoms with Crippen molar-refractivity contribution in [2.24, 2.45) is 12.8 Å². The lowest BCUT2D eigenvalue weighted by Gasteiger charge is -2.05. The van der Waals surface area contributed by atoms with Gasteiger partial charge in [0.2, 0.25) is 0 Å². The maximum absolute atomic E-state index is 6.06. The lowest BCUT2D eigenvalue weighted by Crippen LogP contribution is -2.07. The van der Waals surface area contributed by atoms with Crippen molar-refractivity contribution in [3.05, 3.63) is 54.0 Å². The average Bonchev–Trinajstić information content (AvgIpc) is 3.05. The van der Waals surface area contributed by atoms with E-state index in [4.69, 9.17) is 5.73 Å². The molecule has 0 fully saturated rings. The Labute approximate surface area is 118 Å². The van der Waals surface area contributed by atoms with Gasteiger partial charge in [-0.05, 0) is 24.1 Å². The number of para-hydroxylation sites is 1. The van der Waals surface area contributed by atoms with Gasteiger partial charge in [-0.2, -0.15) is 5.10 Å². The van der Waals surface area contributed by atoms with Crippen molar-refractivity contribution >= 4 is 10.9 Å². The van der Waals surface area contributed by atoms with E-state index in [1.165, 1.54) is 16.5 Å². The van der Waals surface area contributed by atoms with E-state index < -0.39 is 0 Å². The Kier molecular flexibility index (Phi) is 3.32. The summed E-state index contributed by atoms with van der Waals surface area (Å²) in [4.78, 5) is 0. The predicted molar refractivity (Wildman–Crippen MR) is 81.5 cm³/mol. The third-order valence-corrected chi connectivity index (χ3v) is 3.81. The standard InChI is InChI=1S/C16H20N4/c1-3-14(17)12-8-9-20(10-12)11-15-13-6-4-5-7-16(13)19(2)18-15/h4-10,14H,3,11,17H2,1-2H3. The molecular formula is C16H20N4. The van der Waals surface area contributed by atoms with Crippen molar-refractivity contribution in [2.45, 2.75) is 25.9 Å². The number of aryl methyl sites for hydroxylation is 1. The smallest absolute Gasteiger partial charge is 0.0900 e. The number of hydrogen-bond donors (Lipinski definition) is 1. The summed E-state index contributed by atoms with van der Waals surface area (Å²) in [7, 11) is 1.99. The predicted octanol–water partition coefficient (Wildman–Crippen LogP) is 2.83. The molecule has 1 atom stereocenters. The van der Waals surface area contributed by atoms with Crippen LogP contribution in [0.25, 0.3) is 10.9 Å². The van der Waals surface area contributed by atoms with E-state index in [2.05, 4.69) is 53.2 Å². The molecule has 2 heterocycles. The lowest BCUT2D eigenvalue weighted by molar-refractivity contribution is 0.687. The Morgan fingerprint density at radius 2 is 2.05 bits per heavy atom. The molecule has 0 spiro atoms. The van der Waals surface area contributed by atoms with Crippen molar-refractivity contribution in [2.75, 3.05) is 0 Å². The van der Waals surface area contributed by atoms with Gasteiger partial charge in [-0.1, -0.05) is 25.1 Å². The summed E-state index contributed by atoms with van der Waals surface area (Å²) in [5.41, 5.74) is 9.51. The van der Waals surface area contributed by atoms with Gasteiger partial charge in [0.15, 0.2) is 0 Å². The van der Waals surface area contributed by atoms with E-state index in [-0.39, 0.29) is 6.04 Å². The summed E-state index contributed by atoms with van der Waals surface area (Å²) in [6.07, 6.45) is 5.16. The van der Waals surface area contributed by atoms with Crippen molar-refractivity contribution in [3.63, 3.8) is 0 Å². The van der Waals surface area contributed by atoms with E-state index in [1.54, 1.807) is 0 Å². The van der Waals surface area contributed by atoms with Crippen LogP contribution in [-0.4, -0.2) is 14.3 Å². The molecule has 104 valence electrons. The number of hydrogen-bond acceptors (Lipinski definition) is 2. The van der Waals surface area contributed by atoms with Crippen LogP contribution in [0.4, 0.5) is 0 Å². The highest BCUT2D eigenvalue weighted by Crippen LogP contribution is 2.20. The van der Waals surface area contributed by atoms with E-state index in [9.17, 15) is 0 Å². The number of benzene rings is 1. The molecule has 0 bridgehead atoms. The van der Waals surface area contributed by atoms with Crippen LogP contribution in [0.5, 0.6) is 0 Å². The van der Waals surface area contributed by atoms with Crippen LogP contribution in [0.1, 0.15) is 30.6 Å². The van der Waals surface area contributed by atoms with Crippen LogP contribution in [-0.2, 0) is 13.6 Å². The van der Waals surface area contributed by atoms with Crippen molar-refractivity contribution < 1.29 is 0 Å². The number of rotatable bonds is 4. The average molecular weight is 268 g/mol. The maximum Gasteiger partial charge on any atom is 0.0900 e. The Morgan fingerprint density at radius 1 is 1.25 bits per heavy atom. The summed E-state index contributed by atoms with van der Waals surface area (Å²) in [5.74, 6) is 0. The molecule has 20 heavy (non-hydrogen) atoms. The minimum absolute atomic E-state index is 0.122. The second kappa shape index (κ2) is 5.13. The van der Waals surface area contributed by atoms with Gasteiger partial charge >= 0.3 is 0 Å². The van der Waals surface area contributed by atoms with Crippen LogP contribution >= 0.6 is 0 Å². The van der Waals surface area contributed by atoms with E-state index in [0.29, 0.717) is 0 Å². The lowest BCUT2D eigenvalue weighted by atomic mass is 10.1. The highest BCUT2D eigenvalue weighted by molar-refractivity contribution is 5.81. The molecule has 0 amide bonds. The molecule has 1 aromatic carbocycles. The molecule has 0 radical (unpaired) electrons. The Hall–Kier alpha value is -2.07. The van der Waals surface area contributed by atoms with Crippen LogP contribution < -0.4 is 5.73 Å². The van der Waals surface area contributed by atoms with Gasteiger partial charge in [-0.3, -0.25) is 4.68 Å². The largest absolute Gasteiger partial charge is 0.348 e. The molecule has 0 saturated carbocycles. The van der Waals surface area contributed by atoms with Gasteiger partial charge in [0.25, 0.3) is 0 Å². The summed E-state index contributed by atoms with van der Waals surface area (Å²) >= 11 is 0. The number of nitrogens with zero attached hydrogens (tertiary/aromatic N) is 3. The second-order valence-corrected chi connectivity index (χ2v) is 5.22. The minimum atomic E-state index is 0.122. The highest BCUT2D eigenvalue weighted by atomic mass is 15.3. The normalized spacial score (nSPS) is 12.9. The zero-order chi connectivity index (χ0) is 14.1. The zero-order valence-electron chi connectivity index (χ0n) is 12.0.